The molecular weight excluding hydrogens is 1840 g/mol. The number of ether oxygens (including phenoxy) is 11. The van der Waals surface area contributed by atoms with Gasteiger partial charge in [0, 0.05) is 135 Å². The van der Waals surface area contributed by atoms with Crippen molar-refractivity contribution in [2.24, 2.45) is 0 Å². The van der Waals surface area contributed by atoms with E-state index in [0.29, 0.717) is 116 Å². The zero-order valence-corrected chi connectivity index (χ0v) is 74.2. The molecule has 43 heteroatoms. The third-order valence-electron chi connectivity index (χ3n) is 19.7. The first-order valence-electron chi connectivity index (χ1n) is 40.0. The van der Waals surface area contributed by atoms with Crippen LogP contribution in [0.5, 0.6) is 69.0 Å². The van der Waals surface area contributed by atoms with E-state index in [-0.39, 0.29) is 0 Å². The Morgan fingerprint density at radius 2 is 0.496 bits per heavy atom. The lowest BCUT2D eigenvalue weighted by Crippen LogP contribution is -2.44. The topological polar surface area (TPSA) is 664 Å². The minimum absolute atomic E-state index is 0.507. The molecule has 10 N–H and O–H groups in total. The van der Waals surface area contributed by atoms with E-state index in [1.807, 2.05) is 0 Å². The van der Waals surface area contributed by atoms with Crippen LogP contribution in [0, 0.1) is 0 Å². The molecule has 0 amide bonds. The van der Waals surface area contributed by atoms with Gasteiger partial charge in [-0.05, 0) is 80.9 Å². The monoisotopic (exact) mass is 1910 g/mol. The van der Waals surface area contributed by atoms with Gasteiger partial charge in [0.15, 0.2) is 45.7 Å². The van der Waals surface area contributed by atoms with Crippen LogP contribution in [0.15, 0.2) is 152 Å². The highest BCUT2D eigenvalue weighted by Gasteiger charge is 2.56. The van der Waals surface area contributed by atoms with E-state index in [0.717, 1.165) is 119 Å². The predicted molar refractivity (Wildman–Crippen MR) is 466 cm³/mol. The van der Waals surface area contributed by atoms with Crippen LogP contribution in [0.2, 0.25) is 0 Å². The van der Waals surface area contributed by atoms with E-state index < -0.39 is 340 Å². The Bertz CT molecular complexity index is 6810. The van der Waals surface area contributed by atoms with Crippen molar-refractivity contribution in [3.63, 3.8) is 0 Å². The van der Waals surface area contributed by atoms with E-state index in [1.54, 1.807) is 0 Å². The summed E-state index contributed by atoms with van der Waals surface area (Å²) in [5, 5.41) is 114. The third kappa shape index (κ3) is 21.4. The number of carboxylic acid groups (broad SMARTS) is 9. The summed E-state index contributed by atoms with van der Waals surface area (Å²) in [5.41, 5.74) is -35.3. The highest BCUT2D eigenvalue weighted by molar-refractivity contribution is 6.17. The summed E-state index contributed by atoms with van der Waals surface area (Å²) in [4.78, 5) is 303. The molecule has 0 radical (unpaired) electrons. The molecule has 1 atom stereocenters. The molecular formula is C96H74O43. The van der Waals surface area contributed by atoms with Crippen LogP contribution in [-0.2, 0) is 58.1 Å². The Morgan fingerprint density at radius 1 is 0.259 bits per heavy atom. The summed E-state index contributed by atoms with van der Waals surface area (Å²) in [5.74, 6) is -55.7. The second-order valence-electron chi connectivity index (χ2n) is 30.2. The van der Waals surface area contributed by atoms with Crippen molar-refractivity contribution in [2.75, 3.05) is 0 Å². The van der Waals surface area contributed by atoms with E-state index in [2.05, 4.69) is 0 Å². The zero-order valence-electron chi connectivity index (χ0n) is 74.2. The molecule has 0 aliphatic heterocycles. The van der Waals surface area contributed by atoms with E-state index in [4.69, 9.17) is 61.9 Å². The maximum Gasteiger partial charge on any atom is 0.343 e. The third-order valence-corrected chi connectivity index (χ3v) is 19.7. The van der Waals surface area contributed by atoms with Crippen molar-refractivity contribution in [2.45, 2.75) is 107 Å². The minimum Gasteiger partial charge on any atom is -0.478 e. The number of carbonyl (C=O) groups excluding carboxylic acids is 11. The van der Waals surface area contributed by atoms with Crippen LogP contribution in [0.1, 0.15) is 210 Å². The highest BCUT2D eigenvalue weighted by atomic mass is 17.2. The molecule has 0 aliphatic carbocycles. The molecule has 43 nitrogen and oxygen atoms in total. The smallest absolute Gasteiger partial charge is 0.343 e. The van der Waals surface area contributed by atoms with Crippen molar-refractivity contribution in [1.29, 1.82) is 0 Å². The van der Waals surface area contributed by atoms with Gasteiger partial charge in [-0.3, -0.25) is 52.9 Å². The molecule has 0 aromatic heterocycles. The number of aromatic carboxylic acids is 9. The highest BCUT2D eigenvalue weighted by Crippen LogP contribution is 2.62. The summed E-state index contributed by atoms with van der Waals surface area (Å²) >= 11 is 0. The number of hydrogen-bond donors (Lipinski definition) is 10. The summed E-state index contributed by atoms with van der Waals surface area (Å²) in [6.45, 7) is 8.99. The molecule has 0 saturated carbocycles. The summed E-state index contributed by atoms with van der Waals surface area (Å²) in [6, 6.07) is 18.5. The number of esters is 11. The second kappa shape index (κ2) is 41.5. The SMILES string of the molecule is CC(=O)Oc1c(C(=O)O)cccc1-c1cc(C(=O)O)c(OC(C)=O)c(OOc2c(OC(=O)C(c3cccc(C(=O)O)c3OC(C)=O)(c3cccc(C(=O)O)c3OC(C)=O)c3cccc(C(=O)O)c3OC(C)=O)c(C(=O)OC(C)(C)CC(C)O)c(-c3cccc(C(=O)O)c3OC(C)=O)c(-c3cccc(C(=O)O)c3OC(C)=O)c2-c2cccc(C(=O)O)c2OC(C)=O)c1-c1cccc(C(=O)O)c1OC(C)=O. The molecule has 10 rings (SSSR count). The molecule has 1 unspecified atom stereocenters. The average Bonchev–Trinajstić information content (AvgIpc) is 0.699. The van der Waals surface area contributed by atoms with E-state index >= 15 is 9.59 Å². The number of para-hydroxylation sites is 8. The first kappa shape index (κ1) is 102. The van der Waals surface area contributed by atoms with Gasteiger partial charge >= 0.3 is 119 Å². The van der Waals surface area contributed by atoms with Crippen molar-refractivity contribution in [3.05, 3.63) is 224 Å². The van der Waals surface area contributed by atoms with Crippen LogP contribution in [0.25, 0.3) is 55.6 Å². The van der Waals surface area contributed by atoms with Crippen molar-refractivity contribution < 1.29 is 209 Å². The van der Waals surface area contributed by atoms with Crippen LogP contribution < -0.4 is 57.1 Å². The normalized spacial score (nSPS) is 11.2. The zero-order chi connectivity index (χ0) is 103. The van der Waals surface area contributed by atoms with Crippen LogP contribution >= 0.6 is 0 Å². The molecule has 0 fully saturated rings. The lowest BCUT2D eigenvalue weighted by molar-refractivity contribution is -0.141. The summed E-state index contributed by atoms with van der Waals surface area (Å²) in [7, 11) is 0. The van der Waals surface area contributed by atoms with Gasteiger partial charge in [0.25, 0.3) is 0 Å². The van der Waals surface area contributed by atoms with Crippen LogP contribution in [0.4, 0.5) is 0 Å². The number of aliphatic hydroxyl groups is 1. The second-order valence-corrected chi connectivity index (χ2v) is 30.2. The summed E-state index contributed by atoms with van der Waals surface area (Å²) in [6.07, 6.45) is -2.43. The average molecular weight is 1920 g/mol. The van der Waals surface area contributed by atoms with Crippen molar-refractivity contribution in [1.82, 2.24) is 0 Å². The largest absolute Gasteiger partial charge is 0.478 e. The first-order chi connectivity index (χ1) is 65.3. The van der Waals surface area contributed by atoms with Gasteiger partial charge in [0.05, 0.1) is 6.10 Å². The van der Waals surface area contributed by atoms with Gasteiger partial charge < -0.3 is 103 Å². The lowest BCUT2D eigenvalue weighted by atomic mass is 9.67. The number of hydrogen-bond acceptors (Lipinski definition) is 34. The molecule has 139 heavy (non-hydrogen) atoms. The number of benzene rings is 10. The predicted octanol–water partition coefficient (Wildman–Crippen LogP) is 12.7. The minimum atomic E-state index is -4.20. The number of carbonyl (C=O) groups is 20. The fourth-order valence-electron chi connectivity index (χ4n) is 15.1. The Kier molecular flexibility index (Phi) is 30.6. The maximum atomic E-state index is 18.9. The summed E-state index contributed by atoms with van der Waals surface area (Å²) < 4.78 is 65.2. The number of aliphatic hydroxyl groups excluding tert-OH is 1. The molecule has 10 aromatic rings. The molecule has 0 saturated heterocycles. The molecule has 0 aliphatic rings. The van der Waals surface area contributed by atoms with Gasteiger partial charge in [0.1, 0.15) is 78.5 Å². The molecule has 0 heterocycles. The molecule has 10 aromatic carbocycles. The van der Waals surface area contributed by atoms with Gasteiger partial charge in [0.2, 0.25) is 11.5 Å². The Balaban J connectivity index is 1.76. The van der Waals surface area contributed by atoms with Gasteiger partial charge in [-0.1, -0.05) is 97.1 Å². The van der Waals surface area contributed by atoms with Crippen molar-refractivity contribution >= 4 is 119 Å². The first-order valence-corrected chi connectivity index (χ1v) is 40.0. The fourth-order valence-corrected chi connectivity index (χ4v) is 15.1. The van der Waals surface area contributed by atoms with Gasteiger partial charge in [-0.25, -0.2) is 52.7 Å². The fraction of sp³-hybridized carbons (Fsp3) is 0.167. The number of carboxylic acids is 9. The quantitative estimate of drug-likeness (QED) is 0.00580. The Morgan fingerprint density at radius 3 is 0.784 bits per heavy atom. The van der Waals surface area contributed by atoms with E-state index in [1.165, 1.54) is 0 Å². The standard InChI is InChI=1S/C96H74O43/c1-39(97)38-95(11,12)137-93(125)71-69(52-24-16-29-57(87(113)114)75(52)130-43(5)101)68(51-23-15-28-56(86(111)112)74(51)129-42(4)100)70(53-25-17-30-58(88(115)116)76(53)131-44(6)102)83(139-138-82-67(50-22-14-27-55(85(109)110)73(50)128-41(3)99)62(37-63(92(123)124)80(82)135-48(10)106)49-21-13-26-54(84(107)108)72(49)127-40(2)98)81(71)136-94(126)96(64-34-18-31-59(89(117)118)77(64)132-45(7)103,65-35-19-32-60(90(119)120)78(65)133-46(8)104)66-36-20-33-61(91(121)122)79(66)134-47(9)105/h13-37,39,97H,38H2,1-12H3,(H,107,108)(H,109,110)(H,111,112)(H,113,114)(H,115,116)(H,117,118)(H,119,120)(H,121,122)(H,123,124). The Hall–Kier alpha value is -18.8. The Labute approximate surface area is 780 Å². The number of rotatable bonds is 35. The van der Waals surface area contributed by atoms with Gasteiger partial charge in [-0.15, -0.1) is 0 Å². The molecule has 716 valence electrons. The molecule has 0 spiro atoms. The van der Waals surface area contributed by atoms with Gasteiger partial charge in [-0.2, -0.15) is 0 Å². The molecule has 0 bridgehead atoms. The van der Waals surface area contributed by atoms with Crippen LogP contribution in [0.3, 0.4) is 0 Å². The lowest BCUT2D eigenvalue weighted by Gasteiger charge is -2.37. The maximum absolute atomic E-state index is 18.9. The van der Waals surface area contributed by atoms with Crippen LogP contribution in [-0.4, -0.2) is 182 Å². The van der Waals surface area contributed by atoms with Crippen molar-refractivity contribution in [3.8, 4) is 125 Å². The van der Waals surface area contributed by atoms with E-state index in [9.17, 15) is 137 Å².